The first-order valence-electron chi connectivity index (χ1n) is 8.55. The minimum absolute atomic E-state index is 0.0768. The molecule has 1 N–H and O–H groups in total. The zero-order valence-electron chi connectivity index (χ0n) is 14.5. The summed E-state index contributed by atoms with van der Waals surface area (Å²) in [6.45, 7) is 5.57. The van der Waals surface area contributed by atoms with E-state index >= 15 is 0 Å². The lowest BCUT2D eigenvalue weighted by Gasteiger charge is -2.57. The largest absolute Gasteiger partial charge is 0.429 e. The topological polar surface area (TPSA) is 85.4 Å². The molecule has 0 amide bonds. The summed E-state index contributed by atoms with van der Waals surface area (Å²) >= 11 is 0. The molecular weight excluding hydrogens is 312 g/mol. The average Bonchev–Trinajstić information content (AvgIpc) is 3.24. The second-order valence-electron chi connectivity index (χ2n) is 8.11. The molecule has 0 bridgehead atoms. The van der Waals surface area contributed by atoms with Crippen molar-refractivity contribution in [3.63, 3.8) is 0 Å². The van der Waals surface area contributed by atoms with Gasteiger partial charge in [0.1, 0.15) is 11.9 Å². The molecule has 7 atom stereocenters. The fourth-order valence-corrected chi connectivity index (χ4v) is 5.79. The zero-order chi connectivity index (χ0) is 17.5. The van der Waals surface area contributed by atoms with Crippen LogP contribution in [-0.2, 0) is 23.8 Å². The van der Waals surface area contributed by atoms with Crippen LogP contribution in [0, 0.1) is 16.7 Å². The highest BCUT2D eigenvalue weighted by Crippen LogP contribution is 2.69. The number of Topliss-reactive ketones (excluding diaryl/α,β-unsaturated/α-hetero) is 1. The van der Waals surface area contributed by atoms with E-state index in [0.717, 1.165) is 24.8 Å². The number of methoxy groups -OCH3 is 1. The molecule has 24 heavy (non-hydrogen) atoms. The van der Waals surface area contributed by atoms with E-state index in [9.17, 15) is 14.7 Å². The predicted octanol–water partition coefficient (Wildman–Crippen LogP) is 1.36. The van der Waals surface area contributed by atoms with Gasteiger partial charge in [-0.2, -0.15) is 0 Å². The van der Waals surface area contributed by atoms with Gasteiger partial charge in [-0.05, 0) is 30.8 Å². The van der Waals surface area contributed by atoms with Crippen LogP contribution in [0.5, 0.6) is 0 Å². The van der Waals surface area contributed by atoms with Gasteiger partial charge in [-0.1, -0.05) is 20.3 Å². The highest BCUT2D eigenvalue weighted by Gasteiger charge is 2.79. The summed E-state index contributed by atoms with van der Waals surface area (Å²) in [6.07, 6.45) is 1.75. The van der Waals surface area contributed by atoms with Gasteiger partial charge < -0.3 is 19.3 Å². The van der Waals surface area contributed by atoms with Gasteiger partial charge in [-0.25, -0.2) is 4.79 Å². The molecule has 0 aromatic heterocycles. The Morgan fingerprint density at radius 2 is 2.08 bits per heavy atom. The van der Waals surface area contributed by atoms with Crippen molar-refractivity contribution in [2.75, 3.05) is 7.11 Å². The summed E-state index contributed by atoms with van der Waals surface area (Å²) in [4.78, 5) is 24.5. The van der Waals surface area contributed by atoms with Gasteiger partial charge in [-0.3, -0.25) is 4.79 Å². The van der Waals surface area contributed by atoms with Gasteiger partial charge in [-0.15, -0.1) is 0 Å². The minimum Gasteiger partial charge on any atom is -0.429 e. The van der Waals surface area contributed by atoms with Crippen molar-refractivity contribution in [3.05, 3.63) is 11.6 Å². The summed E-state index contributed by atoms with van der Waals surface area (Å²) < 4.78 is 16.6. The van der Waals surface area contributed by atoms with E-state index in [1.807, 2.05) is 13.8 Å². The van der Waals surface area contributed by atoms with Gasteiger partial charge >= 0.3 is 5.97 Å². The molecule has 6 heteroatoms. The Kier molecular flexibility index (Phi) is 3.17. The third kappa shape index (κ3) is 1.67. The number of rotatable bonds is 2. The predicted molar refractivity (Wildman–Crippen MR) is 82.8 cm³/mol. The lowest BCUT2D eigenvalue weighted by atomic mass is 9.46. The molecule has 4 rings (SSSR count). The number of ketones is 1. The summed E-state index contributed by atoms with van der Waals surface area (Å²) in [5.41, 5.74) is -1.20. The van der Waals surface area contributed by atoms with Crippen LogP contribution in [-0.4, -0.2) is 48.1 Å². The molecule has 0 unspecified atom stereocenters. The second kappa shape index (κ2) is 4.68. The molecule has 0 aromatic carbocycles. The fraction of sp³-hybridized carbons (Fsp3) is 0.778. The number of aliphatic hydroxyl groups excluding tert-OH is 1. The van der Waals surface area contributed by atoms with Crippen molar-refractivity contribution in [1.29, 1.82) is 0 Å². The SMILES string of the molecule is CO[C@H]1OC(=O)C=C2[C@@]13O[C@@H]3[C@@H](O)[C@H]1[C@@](C)(C(C)=O)CCC[C@]21C. The Balaban J connectivity index is 1.89. The van der Waals surface area contributed by atoms with Crippen LogP contribution < -0.4 is 0 Å². The number of fused-ring (bicyclic) bond motifs is 2. The van der Waals surface area contributed by atoms with Crippen molar-refractivity contribution in [2.24, 2.45) is 16.7 Å². The van der Waals surface area contributed by atoms with Gasteiger partial charge in [0.2, 0.25) is 6.29 Å². The molecule has 1 saturated heterocycles. The number of ether oxygens (including phenoxy) is 3. The smallest absolute Gasteiger partial charge is 0.333 e. The molecule has 2 heterocycles. The molecular formula is C18H24O6. The molecule has 2 aliphatic carbocycles. The minimum atomic E-state index is -0.900. The van der Waals surface area contributed by atoms with Crippen LogP contribution in [0.1, 0.15) is 40.0 Å². The summed E-state index contributed by atoms with van der Waals surface area (Å²) in [5.74, 6) is -0.664. The number of esters is 1. The van der Waals surface area contributed by atoms with Crippen LogP contribution in [0.2, 0.25) is 0 Å². The monoisotopic (exact) mass is 336 g/mol. The number of hydrogen-bond acceptors (Lipinski definition) is 6. The van der Waals surface area contributed by atoms with Gasteiger partial charge in [0.05, 0.1) is 6.10 Å². The van der Waals surface area contributed by atoms with Crippen LogP contribution >= 0.6 is 0 Å². The van der Waals surface area contributed by atoms with Gasteiger partial charge in [0.15, 0.2) is 5.60 Å². The van der Waals surface area contributed by atoms with Crippen molar-refractivity contribution < 1.29 is 28.9 Å². The van der Waals surface area contributed by atoms with Crippen LogP contribution in [0.3, 0.4) is 0 Å². The van der Waals surface area contributed by atoms with Crippen LogP contribution in [0.15, 0.2) is 11.6 Å². The summed E-state index contributed by atoms with van der Waals surface area (Å²) in [7, 11) is 1.47. The van der Waals surface area contributed by atoms with Crippen LogP contribution in [0.4, 0.5) is 0 Å². The molecule has 0 aromatic rings. The number of aliphatic hydroxyl groups is 1. The van der Waals surface area contributed by atoms with Crippen molar-refractivity contribution >= 4 is 11.8 Å². The third-order valence-electron chi connectivity index (χ3n) is 6.99. The molecule has 6 nitrogen and oxygen atoms in total. The lowest BCUT2D eigenvalue weighted by molar-refractivity contribution is -0.190. The maximum Gasteiger partial charge on any atom is 0.333 e. The molecule has 2 aliphatic heterocycles. The quantitative estimate of drug-likeness (QED) is 0.605. The highest BCUT2D eigenvalue weighted by molar-refractivity contribution is 5.87. The number of carbonyl (C=O) groups is 2. The van der Waals surface area contributed by atoms with Crippen LogP contribution in [0.25, 0.3) is 0 Å². The first kappa shape index (κ1) is 16.2. The number of hydrogen-bond donors (Lipinski definition) is 1. The summed E-state index contributed by atoms with van der Waals surface area (Å²) in [6, 6.07) is 0. The number of epoxide rings is 1. The Labute approximate surface area is 141 Å². The third-order valence-corrected chi connectivity index (χ3v) is 6.99. The zero-order valence-corrected chi connectivity index (χ0v) is 14.5. The van der Waals surface area contributed by atoms with Crippen molar-refractivity contribution in [1.82, 2.24) is 0 Å². The summed E-state index contributed by atoms with van der Waals surface area (Å²) in [5, 5.41) is 11.1. The second-order valence-corrected chi connectivity index (χ2v) is 8.11. The maximum atomic E-state index is 12.4. The van der Waals surface area contributed by atoms with E-state index in [2.05, 4.69) is 0 Å². The maximum absolute atomic E-state index is 12.4. The average molecular weight is 336 g/mol. The van der Waals surface area contributed by atoms with Crippen molar-refractivity contribution in [2.45, 2.75) is 64.1 Å². The van der Waals surface area contributed by atoms with Gasteiger partial charge in [0.25, 0.3) is 0 Å². The molecule has 3 fully saturated rings. The van der Waals surface area contributed by atoms with E-state index in [1.54, 1.807) is 6.92 Å². The van der Waals surface area contributed by atoms with E-state index in [-0.39, 0.29) is 11.7 Å². The first-order chi connectivity index (χ1) is 11.2. The van der Waals surface area contributed by atoms with E-state index in [4.69, 9.17) is 14.2 Å². The van der Waals surface area contributed by atoms with Gasteiger partial charge in [0, 0.05) is 24.5 Å². The standard InChI is InChI=1S/C18H24O6/c1-9(19)16(2)6-5-7-17(3)10-8-11(20)23-15(22-4)18(10)14(24-18)12(21)13(16)17/h8,12-15,21H,5-7H2,1-4H3/t12-,13-,14+,15-,16+,17+,18-/m0/s1. The molecule has 1 spiro atoms. The van der Waals surface area contributed by atoms with Crippen molar-refractivity contribution in [3.8, 4) is 0 Å². The normalized spacial score (nSPS) is 52.4. The Bertz CT molecular complexity index is 656. The Morgan fingerprint density at radius 3 is 2.71 bits per heavy atom. The molecule has 132 valence electrons. The molecule has 0 radical (unpaired) electrons. The molecule has 4 aliphatic rings. The fourth-order valence-electron chi connectivity index (χ4n) is 5.79. The first-order valence-corrected chi connectivity index (χ1v) is 8.55. The van der Waals surface area contributed by atoms with E-state index < -0.39 is 40.9 Å². The lowest BCUT2D eigenvalue weighted by Crippen LogP contribution is -2.63. The Hall–Kier alpha value is -1.24. The Morgan fingerprint density at radius 1 is 1.38 bits per heavy atom. The van der Waals surface area contributed by atoms with E-state index in [0.29, 0.717) is 0 Å². The molecule has 2 saturated carbocycles. The number of cyclic esters (lactones) is 1. The van der Waals surface area contributed by atoms with E-state index in [1.165, 1.54) is 13.2 Å². The number of carbonyl (C=O) groups excluding carboxylic acids is 2. The highest BCUT2D eigenvalue weighted by atomic mass is 16.7.